The number of carbonyl (C=O) groups is 5. The fourth-order valence-electron chi connectivity index (χ4n) is 8.24. The van der Waals surface area contributed by atoms with Crippen LogP contribution in [0, 0.1) is 5.92 Å². The van der Waals surface area contributed by atoms with Gasteiger partial charge in [0.05, 0.1) is 0 Å². The Morgan fingerprint density at radius 3 is 1.97 bits per heavy atom. The Morgan fingerprint density at radius 1 is 0.810 bits per heavy atom. The molecule has 0 saturated carbocycles. The number of ketones is 1. The van der Waals surface area contributed by atoms with Gasteiger partial charge in [0.1, 0.15) is 30.3 Å². The highest BCUT2D eigenvalue weighted by Crippen LogP contribution is 2.37. The number of nitrogens with zero attached hydrogens (tertiary/aromatic N) is 1. The van der Waals surface area contributed by atoms with Crippen LogP contribution in [0.5, 0.6) is 0 Å². The minimum atomic E-state index is -2.95. The lowest BCUT2D eigenvalue weighted by Crippen LogP contribution is -2.68. The zero-order valence-electron chi connectivity index (χ0n) is 35.0. The first-order valence-electron chi connectivity index (χ1n) is 21.0. The molecule has 58 heavy (non-hydrogen) atoms. The zero-order chi connectivity index (χ0) is 41.9. The van der Waals surface area contributed by atoms with Crippen molar-refractivity contribution in [3.63, 3.8) is 0 Å². The van der Waals surface area contributed by atoms with Gasteiger partial charge in [-0.2, -0.15) is 0 Å². The third-order valence-corrected chi connectivity index (χ3v) is 16.8. The Hall–Kier alpha value is -4.87. The number of nitrogens with one attached hydrogen (secondary N) is 3. The molecular formula is C47H62N4O6Si. The Labute approximate surface area is 345 Å². The molecule has 10 nitrogen and oxygen atoms in total. The maximum absolute atomic E-state index is 14.1. The van der Waals surface area contributed by atoms with Gasteiger partial charge in [0, 0.05) is 13.0 Å². The summed E-state index contributed by atoms with van der Waals surface area (Å²) in [6, 6.07) is 26.3. The van der Waals surface area contributed by atoms with E-state index in [1.54, 1.807) is 17.1 Å². The number of amides is 4. The second-order valence-electron chi connectivity index (χ2n) is 16.9. The summed E-state index contributed by atoms with van der Waals surface area (Å²) in [5.74, 6) is -1.89. The highest BCUT2D eigenvalue weighted by Gasteiger charge is 2.51. The molecule has 6 atom stereocenters. The van der Waals surface area contributed by atoms with E-state index in [0.29, 0.717) is 32.2 Å². The average molecular weight is 807 g/mol. The number of hydrogen-bond donors (Lipinski definition) is 3. The molecule has 5 rings (SSSR count). The molecule has 0 unspecified atom stereocenters. The molecule has 0 radical (unpaired) electrons. The predicted octanol–water partition coefficient (Wildman–Crippen LogP) is 5.39. The highest BCUT2D eigenvalue weighted by molar-refractivity contribution is 6.99. The second kappa shape index (κ2) is 20.2. The summed E-state index contributed by atoms with van der Waals surface area (Å²) in [6.07, 6.45) is 6.71. The highest BCUT2D eigenvalue weighted by atomic mass is 28.4. The molecule has 3 N–H and O–H groups in total. The summed E-state index contributed by atoms with van der Waals surface area (Å²) in [7, 11) is -2.95. The van der Waals surface area contributed by atoms with Crippen molar-refractivity contribution in [2.24, 2.45) is 5.92 Å². The van der Waals surface area contributed by atoms with Gasteiger partial charge in [0.25, 0.3) is 8.32 Å². The number of benzene rings is 3. The van der Waals surface area contributed by atoms with Crippen LogP contribution in [0.15, 0.2) is 103 Å². The fraction of sp³-hybridized carbons (Fsp3) is 0.468. The summed E-state index contributed by atoms with van der Waals surface area (Å²) in [5, 5.41) is 10.8. The Bertz CT molecular complexity index is 1840. The topological polar surface area (TPSA) is 134 Å². The van der Waals surface area contributed by atoms with Crippen molar-refractivity contribution in [2.75, 3.05) is 6.54 Å². The van der Waals surface area contributed by atoms with Gasteiger partial charge < -0.3 is 25.3 Å². The second-order valence-corrected chi connectivity index (χ2v) is 21.1. The van der Waals surface area contributed by atoms with Crippen molar-refractivity contribution in [3.8, 4) is 0 Å². The molecule has 2 heterocycles. The minimum Gasteiger partial charge on any atom is -0.397 e. The molecule has 2 saturated heterocycles. The molecule has 310 valence electrons. The Balaban J connectivity index is 1.32. The first kappa shape index (κ1) is 44.2. The molecule has 2 aliphatic rings. The van der Waals surface area contributed by atoms with Crippen LogP contribution in [-0.2, 0) is 34.8 Å². The largest absolute Gasteiger partial charge is 0.397 e. The van der Waals surface area contributed by atoms with Crippen molar-refractivity contribution >= 4 is 48.1 Å². The number of rotatable bonds is 14. The van der Waals surface area contributed by atoms with E-state index in [1.165, 1.54) is 0 Å². The molecule has 0 aliphatic carbocycles. The van der Waals surface area contributed by atoms with Crippen molar-refractivity contribution in [3.05, 3.63) is 109 Å². The summed E-state index contributed by atoms with van der Waals surface area (Å²) in [4.78, 5) is 71.4. The predicted molar refractivity (Wildman–Crippen MR) is 231 cm³/mol. The maximum atomic E-state index is 14.1. The molecule has 3 aromatic carbocycles. The molecule has 0 aromatic heterocycles. The van der Waals surface area contributed by atoms with Crippen LogP contribution in [0.2, 0.25) is 5.04 Å². The van der Waals surface area contributed by atoms with E-state index < -0.39 is 50.4 Å². The number of fused-ring (bicyclic) bond motifs is 1. The minimum absolute atomic E-state index is 0.155. The average Bonchev–Trinajstić information content (AvgIpc) is 3.23. The van der Waals surface area contributed by atoms with Gasteiger partial charge in [0.2, 0.25) is 23.6 Å². The Kier molecular flexibility index (Phi) is 15.4. The number of carbonyl (C=O) groups excluding carboxylic acids is 5. The van der Waals surface area contributed by atoms with Crippen LogP contribution in [0.3, 0.4) is 0 Å². The smallest absolute Gasteiger partial charge is 0.262 e. The van der Waals surface area contributed by atoms with Crippen LogP contribution in [0.1, 0.15) is 92.1 Å². The summed E-state index contributed by atoms with van der Waals surface area (Å²) < 4.78 is 7.00. The van der Waals surface area contributed by atoms with Gasteiger partial charge in [0.15, 0.2) is 5.78 Å². The first-order valence-corrected chi connectivity index (χ1v) is 22.9. The van der Waals surface area contributed by atoms with E-state index in [0.717, 1.165) is 28.8 Å². The van der Waals surface area contributed by atoms with Crippen molar-refractivity contribution in [1.82, 2.24) is 20.9 Å². The van der Waals surface area contributed by atoms with Gasteiger partial charge in [-0.05, 0) is 78.4 Å². The van der Waals surface area contributed by atoms with Crippen LogP contribution in [0.25, 0.3) is 0 Å². The normalized spacial score (nSPS) is 22.1. The number of piperidine rings is 1. The van der Waals surface area contributed by atoms with Crippen molar-refractivity contribution in [1.29, 1.82) is 0 Å². The van der Waals surface area contributed by atoms with E-state index in [2.05, 4.69) is 61.0 Å². The molecule has 2 fully saturated rings. The maximum Gasteiger partial charge on any atom is 0.262 e. The molecule has 2 aliphatic heterocycles. The number of allylic oxidation sites excluding steroid dienone is 1. The summed E-state index contributed by atoms with van der Waals surface area (Å²) >= 11 is 0. The van der Waals surface area contributed by atoms with Gasteiger partial charge in [-0.25, -0.2) is 0 Å². The van der Waals surface area contributed by atoms with E-state index in [4.69, 9.17) is 4.43 Å². The van der Waals surface area contributed by atoms with E-state index in [1.807, 2.05) is 87.5 Å². The third kappa shape index (κ3) is 10.6. The fourth-order valence-corrected chi connectivity index (χ4v) is 12.9. The molecule has 0 bridgehead atoms. The van der Waals surface area contributed by atoms with Crippen LogP contribution >= 0.6 is 0 Å². The molecule has 3 aromatic rings. The van der Waals surface area contributed by atoms with Crippen LogP contribution in [0.4, 0.5) is 0 Å². The SMILES string of the molecule is CC[C@H](C)[C@@H]1NC(=O)[C@@H](Cc2ccccc2)NC(=O)[C@H](CCC/C=C/C(=O)[C@H](C)O[Si](c2ccccc2)(c2ccccc2)C(C)(C)C)NC(=O)[C@@H]2CCCCN2C1=O. The molecule has 0 spiro atoms. The lowest BCUT2D eigenvalue weighted by atomic mass is 9.93. The standard InChI is InChI=1S/C47H62N4O6Si/c1-7-33(2)42-46(56)51-31-21-20-29-40(51)45(55)48-38(43(53)49-39(44(54)50-42)32-35-22-12-8-13-23-35)28-18-11-19-30-41(52)34(3)57-58(47(4,5)6,36-24-14-9-15-25-36)37-26-16-10-17-27-37/h8-10,12-17,19,22-27,30,33-34,38-40,42H,7,11,18,20-21,28-29,31-32H2,1-6H3,(H,48,55)(H,49,53)(H,50,54)/b30-19+/t33-,34-,38-,39+,40-,42-/m0/s1. The molecule has 11 heteroatoms. The van der Waals surface area contributed by atoms with E-state index in [-0.39, 0.29) is 41.4 Å². The van der Waals surface area contributed by atoms with Gasteiger partial charge in [-0.15, -0.1) is 0 Å². The first-order chi connectivity index (χ1) is 27.8. The zero-order valence-corrected chi connectivity index (χ0v) is 36.0. The van der Waals surface area contributed by atoms with Gasteiger partial charge in [-0.3, -0.25) is 24.0 Å². The van der Waals surface area contributed by atoms with Crippen LogP contribution < -0.4 is 26.3 Å². The van der Waals surface area contributed by atoms with E-state index in [9.17, 15) is 24.0 Å². The molecular weight excluding hydrogens is 745 g/mol. The van der Waals surface area contributed by atoms with Crippen LogP contribution in [-0.4, -0.2) is 79.4 Å². The van der Waals surface area contributed by atoms with E-state index >= 15 is 0 Å². The quantitative estimate of drug-likeness (QED) is 0.114. The molecule has 4 amide bonds. The summed E-state index contributed by atoms with van der Waals surface area (Å²) in [6.45, 7) is 12.6. The number of hydrogen-bond acceptors (Lipinski definition) is 6. The van der Waals surface area contributed by atoms with Gasteiger partial charge >= 0.3 is 0 Å². The monoisotopic (exact) mass is 806 g/mol. The lowest BCUT2D eigenvalue weighted by Gasteiger charge is -2.44. The van der Waals surface area contributed by atoms with Crippen molar-refractivity contribution in [2.45, 2.75) is 128 Å². The Morgan fingerprint density at radius 2 is 1.38 bits per heavy atom. The summed E-state index contributed by atoms with van der Waals surface area (Å²) in [5.41, 5.74) is 0.848. The van der Waals surface area contributed by atoms with Gasteiger partial charge in [-0.1, -0.05) is 138 Å². The number of unbranched alkanes of at least 4 members (excludes halogenated alkanes) is 1. The van der Waals surface area contributed by atoms with Crippen molar-refractivity contribution < 1.29 is 28.4 Å². The third-order valence-electron chi connectivity index (χ3n) is 11.7. The lowest BCUT2D eigenvalue weighted by molar-refractivity contribution is -0.147.